The van der Waals surface area contributed by atoms with Gasteiger partial charge in [-0.1, -0.05) is 30.4 Å². The lowest BCUT2D eigenvalue weighted by Gasteiger charge is -2.19. The van der Waals surface area contributed by atoms with Gasteiger partial charge < -0.3 is 62.7 Å². The summed E-state index contributed by atoms with van der Waals surface area (Å²) in [5.74, 6) is 8.41. The number of allylic oxidation sites excluding steroid dienone is 6. The van der Waals surface area contributed by atoms with Crippen molar-refractivity contribution in [3.8, 4) is 0 Å². The minimum Gasteiger partial charge on any atom is -0.371 e. The standard InChI is InChI=1S/C8H11N.3C7H10N2.3C7H6N2.C6H7N3.C6H5N3.C6H6N2S.5C6H8N2.2C5H7N3/c1-2-6-9-7-3-5-8(9)4-1;1-3-7-8-4-2-6-9(7)5-1;1-2-7-3-4-8-6-9(7)5-1;1-2-7-6-8-3-5-9(7)4-1;1-2-6-7(8-4-1)3-5-9-6;2*1-2-5-9-6-4-8-7(9)3-1;1-2-8-6-5(1)3-7-4-9-6;1-2-4-9-6(3-1)7-5-8-9;1-2-9-6-5(1)3-7-4-8-6;2*1-2-6-3-4-7-8(6)5-1;3*1-2-6-7-3-5-8(6)4-1;2*1-2-5-6-4-7-8(5)3-1/h1-2,4H,3,5-7H2;2,4H,1,3,5-6H2;3-4H,1-2,5-6H2;3,6H,1-2,4-5H2;1-5,9H;2*1-6H;1-2,4,8H,3H2,(H,7,9);1-5H;1-2,4H,3H2,(H,7,8);2*3-4H,1-2,5H2;3*3,5H,1-2,4H2;2*4H,1-3H2. The molecule has 754 valence electrons. The van der Waals surface area contributed by atoms with Crippen molar-refractivity contribution in [1.82, 2.24) is 146 Å². The number of rotatable bonds is 0. The first-order chi connectivity index (χ1) is 72.4. The number of nitrogens with zero attached hydrogens (tertiary/aromatic N) is 33. The number of fused-ring (bicyclic) bond motifs is 17. The Morgan fingerprint density at radius 2 is 0.897 bits per heavy atom. The number of hydrogen-bond donors (Lipinski definition) is 4. The first-order valence-electron chi connectivity index (χ1n) is 51.3. The molecule has 0 amide bonds. The highest BCUT2D eigenvalue weighted by atomic mass is 32.1. The van der Waals surface area contributed by atoms with Crippen molar-refractivity contribution < 1.29 is 0 Å². The minimum absolute atomic E-state index is 0.797. The van der Waals surface area contributed by atoms with Crippen LogP contribution in [-0.4, -0.2) is 229 Å². The number of aliphatic imine (C=N–C) groups is 5. The van der Waals surface area contributed by atoms with Crippen LogP contribution < -0.4 is 10.6 Å². The number of amidine groups is 1. The number of pyridine rings is 4. The number of aromatic amines is 2. The molecule has 4 N–H and O–H groups in total. The van der Waals surface area contributed by atoms with E-state index in [4.69, 9.17) is 0 Å². The molecule has 0 bridgehead atoms. The molecule has 0 radical (unpaired) electrons. The zero-order valence-corrected chi connectivity index (χ0v) is 83.9. The fourth-order valence-electron chi connectivity index (χ4n) is 18.8. The fraction of sp³-hybridized carbons (Fsp3) is 0.361. The summed E-state index contributed by atoms with van der Waals surface area (Å²) < 4.78 is 20.3. The van der Waals surface area contributed by atoms with Gasteiger partial charge in [-0.2, -0.15) is 25.5 Å². The predicted molar refractivity (Wildman–Crippen MR) is 576 cm³/mol. The van der Waals surface area contributed by atoms with Gasteiger partial charge in [-0.25, -0.2) is 49.4 Å². The van der Waals surface area contributed by atoms with Gasteiger partial charge in [0, 0.05) is 300 Å². The van der Waals surface area contributed by atoms with E-state index in [0.717, 1.165) is 124 Å². The zero-order chi connectivity index (χ0) is 98.8. The highest BCUT2D eigenvalue weighted by Gasteiger charge is 2.22. The van der Waals surface area contributed by atoms with Crippen LogP contribution in [0.4, 0.5) is 10.8 Å². The van der Waals surface area contributed by atoms with Gasteiger partial charge in [0.2, 0.25) is 0 Å². The first kappa shape index (κ1) is 100.0. The second-order valence-electron chi connectivity index (χ2n) is 36.2. The lowest BCUT2D eigenvalue weighted by Crippen LogP contribution is -2.26. The molecule has 0 spiro atoms. The second kappa shape index (κ2) is 53.8. The average molecular weight is 1980 g/mol. The monoisotopic (exact) mass is 1980 g/mol. The van der Waals surface area contributed by atoms with Crippen molar-refractivity contribution in [2.45, 2.75) is 200 Å². The Morgan fingerprint density at radius 1 is 0.349 bits per heavy atom. The largest absolute Gasteiger partial charge is 0.371 e. The summed E-state index contributed by atoms with van der Waals surface area (Å²) in [5, 5.41) is 29.5. The maximum atomic E-state index is 4.25. The highest BCUT2D eigenvalue weighted by molar-refractivity contribution is 7.14. The third-order valence-corrected chi connectivity index (χ3v) is 27.3. The summed E-state index contributed by atoms with van der Waals surface area (Å²) in [7, 11) is 0. The van der Waals surface area contributed by atoms with Crippen LogP contribution in [0.15, 0.2) is 318 Å². The van der Waals surface area contributed by atoms with Gasteiger partial charge in [-0.05, 0) is 205 Å². The Balaban J connectivity index is 0.000000102. The minimum atomic E-state index is 0.797. The maximum Gasteiger partial charge on any atom is 0.155 e. The molecule has 0 atom stereocenters. The van der Waals surface area contributed by atoms with Crippen LogP contribution in [0.3, 0.4) is 0 Å². The van der Waals surface area contributed by atoms with Crippen molar-refractivity contribution in [2.24, 2.45) is 25.0 Å². The number of anilines is 2. The molecule has 34 heterocycles. The van der Waals surface area contributed by atoms with Gasteiger partial charge >= 0.3 is 0 Å². The van der Waals surface area contributed by atoms with Gasteiger partial charge in [-0.15, -0.1) is 11.3 Å². The van der Waals surface area contributed by atoms with Crippen LogP contribution in [0.5, 0.6) is 0 Å². The summed E-state index contributed by atoms with van der Waals surface area (Å²) in [6.07, 6.45) is 88.4. The van der Waals surface area contributed by atoms with E-state index < -0.39 is 0 Å². The molecule has 4 saturated heterocycles. The van der Waals surface area contributed by atoms with E-state index in [1.807, 2.05) is 215 Å². The van der Waals surface area contributed by atoms with Crippen molar-refractivity contribution >= 4 is 81.1 Å². The number of aromatic nitrogens is 26. The molecule has 34 rings (SSSR count). The Kier molecular flexibility index (Phi) is 36.8. The smallest absolute Gasteiger partial charge is 0.155 e. The molecule has 146 heavy (non-hydrogen) atoms. The SMILES string of the molecule is C1=CCN2CCCC2=C1.C1=CN=C2CCCN2C1.C1=NC=C2CCCN2C1.C1=NCN2CCCC2=C1.C1=NCc2cc[nH]c2N1.C1=NCc2ccsc2N1.c1cc2n(n1)CCC2.c1cc2n(n1)CCC2.c1ccn2ccnc2c1.c1ccn2ccnc2c1.c1ccn2ncnc2c1.c1cn2c(n1)CCC2.c1cn2c(n1)CCC2.c1cn2c(n1)CCC2.c1cnc2cc[nH]c2c1.c1nc2n(n1)CCC2.c1nc2n(n1)CCC2. The van der Waals surface area contributed by atoms with E-state index >= 15 is 0 Å². The summed E-state index contributed by atoms with van der Waals surface area (Å²) in [4.78, 5) is 73.0. The summed E-state index contributed by atoms with van der Waals surface area (Å²) in [6, 6.07) is 31.8. The molecular formula is C108H131N37S. The molecule has 0 aliphatic carbocycles. The Morgan fingerprint density at radius 3 is 1.49 bits per heavy atom. The molecule has 0 saturated carbocycles. The number of nitrogens with one attached hydrogen (secondary N) is 4. The number of imidazole rings is 5. The topological polar surface area (TPSA) is 359 Å². The molecule has 17 aliphatic heterocycles. The van der Waals surface area contributed by atoms with Crippen LogP contribution >= 0.6 is 11.3 Å². The zero-order valence-electron chi connectivity index (χ0n) is 83.0. The molecule has 0 aromatic carbocycles. The van der Waals surface area contributed by atoms with Crippen LogP contribution in [0, 0.1) is 0 Å². The first-order valence-corrected chi connectivity index (χ1v) is 52.1. The van der Waals surface area contributed by atoms with Crippen molar-refractivity contribution in [2.75, 3.05) is 63.1 Å². The van der Waals surface area contributed by atoms with E-state index in [2.05, 4.69) is 213 Å². The molecule has 17 aromatic rings. The molecule has 0 unspecified atom stereocenters. The maximum absolute atomic E-state index is 4.25. The van der Waals surface area contributed by atoms with Gasteiger partial charge in [0.05, 0.1) is 48.3 Å². The number of hydrogen-bond acceptors (Lipinski definition) is 26. The van der Waals surface area contributed by atoms with Crippen molar-refractivity contribution in [3.05, 3.63) is 344 Å². The summed E-state index contributed by atoms with van der Waals surface area (Å²) in [5.41, 5.74) is 14.8. The van der Waals surface area contributed by atoms with Gasteiger partial charge in [0.1, 0.15) is 77.7 Å². The third kappa shape index (κ3) is 29.1. The molecule has 38 heteroatoms. The number of thiophene rings is 1. The van der Waals surface area contributed by atoms with E-state index in [-0.39, 0.29) is 0 Å². The van der Waals surface area contributed by atoms with Crippen molar-refractivity contribution in [3.63, 3.8) is 0 Å². The second-order valence-corrected chi connectivity index (χ2v) is 37.1. The summed E-state index contributed by atoms with van der Waals surface area (Å²) >= 11 is 1.72. The van der Waals surface area contributed by atoms with Gasteiger partial charge in [0.15, 0.2) is 5.65 Å². The van der Waals surface area contributed by atoms with E-state index in [1.54, 1.807) is 59.8 Å². The van der Waals surface area contributed by atoms with E-state index in [9.17, 15) is 0 Å². The van der Waals surface area contributed by atoms with Crippen LogP contribution in [0.2, 0.25) is 0 Å². The summed E-state index contributed by atoms with van der Waals surface area (Å²) in [6.45, 7) is 18.6. The van der Waals surface area contributed by atoms with Gasteiger partial charge in [0.25, 0.3) is 0 Å². The average Bonchev–Trinajstić information content (AvgIpc) is 1.72. The molecule has 17 aromatic heterocycles. The Hall–Kier alpha value is -16.2. The number of H-pyrrole nitrogens is 2. The van der Waals surface area contributed by atoms with Crippen LogP contribution in [0.25, 0.3) is 28.0 Å². The van der Waals surface area contributed by atoms with Crippen LogP contribution in [-0.2, 0) is 104 Å². The number of aryl methyl sites for hydroxylation is 14. The third-order valence-electron chi connectivity index (χ3n) is 26.4. The lowest BCUT2D eigenvalue weighted by atomic mass is 10.2. The van der Waals surface area contributed by atoms with E-state index in [0.29, 0.717) is 0 Å². The normalized spacial score (nSPS) is 16.6. The Bertz CT molecular complexity index is 5930. The fourth-order valence-corrected chi connectivity index (χ4v) is 19.6. The van der Waals surface area contributed by atoms with Crippen molar-refractivity contribution in [1.29, 1.82) is 0 Å². The lowest BCUT2D eigenvalue weighted by molar-refractivity contribution is 0.404. The van der Waals surface area contributed by atoms with Crippen LogP contribution in [0.1, 0.15) is 148 Å². The van der Waals surface area contributed by atoms with E-state index in [1.165, 1.54) is 248 Å². The molecule has 4 fully saturated rings. The predicted octanol–water partition coefficient (Wildman–Crippen LogP) is 16.8. The quantitative estimate of drug-likeness (QED) is 0.110. The Labute approximate surface area is 854 Å². The van der Waals surface area contributed by atoms with Gasteiger partial charge in [-0.3, -0.25) is 43.7 Å². The molecular weight excluding hydrogens is 1850 g/mol. The molecule has 37 nitrogen and oxygen atoms in total. The highest BCUT2D eigenvalue weighted by Crippen LogP contribution is 2.28. The molecule has 17 aliphatic rings.